The van der Waals surface area contributed by atoms with E-state index in [1.165, 1.54) is 0 Å². The van der Waals surface area contributed by atoms with Crippen molar-refractivity contribution in [2.24, 2.45) is 15.7 Å². The quantitative estimate of drug-likeness (QED) is 0.424. The molecule has 0 saturated heterocycles. The van der Waals surface area contributed by atoms with E-state index in [-0.39, 0.29) is 5.84 Å². The van der Waals surface area contributed by atoms with Crippen LogP contribution >= 0.6 is 0 Å². The van der Waals surface area contributed by atoms with Crippen LogP contribution in [0.25, 0.3) is 0 Å². The van der Waals surface area contributed by atoms with Crippen LogP contribution in [-0.2, 0) is 6.54 Å². The number of rotatable bonds is 6. The van der Waals surface area contributed by atoms with Crippen molar-refractivity contribution in [1.29, 1.82) is 5.41 Å². The van der Waals surface area contributed by atoms with Crippen molar-refractivity contribution in [3.63, 3.8) is 0 Å². The minimum atomic E-state index is 0.186. The lowest BCUT2D eigenvalue weighted by molar-refractivity contribution is 1.07. The lowest BCUT2D eigenvalue weighted by Crippen LogP contribution is -2.05. The van der Waals surface area contributed by atoms with Crippen LogP contribution in [0, 0.1) is 5.41 Å². The van der Waals surface area contributed by atoms with Crippen LogP contribution in [-0.4, -0.2) is 17.9 Å². The van der Waals surface area contributed by atoms with Crippen LogP contribution in [0.5, 0.6) is 0 Å². The van der Waals surface area contributed by atoms with Crippen molar-refractivity contribution in [3.8, 4) is 0 Å². The van der Waals surface area contributed by atoms with Crippen LogP contribution in [0.2, 0.25) is 0 Å². The van der Waals surface area contributed by atoms with Gasteiger partial charge in [0.25, 0.3) is 0 Å². The van der Waals surface area contributed by atoms with Gasteiger partial charge in [-0.25, -0.2) is 9.98 Å². The number of hydrogen-bond acceptors (Lipinski definition) is 2. The zero-order chi connectivity index (χ0) is 19.4. The molecule has 1 rings (SSSR count). The highest BCUT2D eigenvalue weighted by Crippen LogP contribution is 2.09. The van der Waals surface area contributed by atoms with Gasteiger partial charge in [0, 0.05) is 18.3 Å². The predicted molar refractivity (Wildman–Crippen MR) is 114 cm³/mol. The second-order valence-corrected chi connectivity index (χ2v) is 5.61. The predicted octanol–water partition coefficient (Wildman–Crippen LogP) is 4.98. The smallest absolute Gasteiger partial charge is 0.161 e. The van der Waals surface area contributed by atoms with Gasteiger partial charge in [-0.3, -0.25) is 5.41 Å². The lowest BCUT2D eigenvalue weighted by Gasteiger charge is -2.05. The minimum absolute atomic E-state index is 0.186. The first kappa shape index (κ1) is 21.2. The topological polar surface area (TPSA) is 74.6 Å². The molecule has 0 amide bonds. The molecule has 0 aromatic heterocycles. The fourth-order valence-electron chi connectivity index (χ4n) is 2.01. The van der Waals surface area contributed by atoms with Crippen LogP contribution in [0.3, 0.4) is 0 Å². The first-order valence-corrected chi connectivity index (χ1v) is 8.65. The van der Waals surface area contributed by atoms with Crippen molar-refractivity contribution < 1.29 is 0 Å². The normalized spacial score (nSPS) is 14.1. The Hall–Kier alpha value is -2.85. The number of hydrogen-bond donors (Lipinski definition) is 2. The molecule has 0 radical (unpaired) electrons. The molecule has 1 aromatic carbocycles. The summed E-state index contributed by atoms with van der Waals surface area (Å²) in [6.45, 7) is 8.21. The van der Waals surface area contributed by atoms with Crippen molar-refractivity contribution in [2.75, 3.05) is 0 Å². The van der Waals surface area contributed by atoms with Gasteiger partial charge < -0.3 is 5.73 Å². The molecule has 0 saturated carbocycles. The number of benzene rings is 1. The van der Waals surface area contributed by atoms with Gasteiger partial charge in [-0.1, -0.05) is 60.7 Å². The number of nitrogens with two attached hydrogens (primary N) is 1. The van der Waals surface area contributed by atoms with E-state index in [0.29, 0.717) is 12.4 Å². The highest BCUT2D eigenvalue weighted by molar-refractivity contribution is 6.13. The third kappa shape index (κ3) is 6.95. The van der Waals surface area contributed by atoms with Gasteiger partial charge >= 0.3 is 0 Å². The Bertz CT molecular complexity index is 773. The van der Waals surface area contributed by atoms with Crippen LogP contribution in [0.15, 0.2) is 81.9 Å². The molecular weight excluding hydrogens is 320 g/mol. The summed E-state index contributed by atoms with van der Waals surface area (Å²) in [6.07, 6.45) is 13.3. The molecule has 1 aromatic rings. The summed E-state index contributed by atoms with van der Waals surface area (Å²) < 4.78 is 0. The summed E-state index contributed by atoms with van der Waals surface area (Å²) >= 11 is 0. The van der Waals surface area contributed by atoms with Gasteiger partial charge in [0.05, 0.1) is 0 Å². The highest BCUT2D eigenvalue weighted by Gasteiger charge is 2.05. The Labute approximate surface area is 156 Å². The largest absolute Gasteiger partial charge is 0.326 e. The van der Waals surface area contributed by atoms with Crippen molar-refractivity contribution in [1.82, 2.24) is 0 Å². The molecule has 0 heterocycles. The SMILES string of the molecule is C/C=C\C=C(/C)C(=N)\N=C(/N=C/C(/C=C\C)=C/C)c1ccc(CN)cc1. The van der Waals surface area contributed by atoms with Crippen LogP contribution in [0.4, 0.5) is 0 Å². The van der Waals surface area contributed by atoms with Gasteiger partial charge in [0.2, 0.25) is 0 Å². The maximum atomic E-state index is 8.23. The van der Waals surface area contributed by atoms with Crippen molar-refractivity contribution in [3.05, 3.63) is 83.0 Å². The van der Waals surface area contributed by atoms with E-state index in [9.17, 15) is 0 Å². The van der Waals surface area contributed by atoms with E-state index in [2.05, 4.69) is 9.98 Å². The Morgan fingerprint density at radius 2 is 1.81 bits per heavy atom. The van der Waals surface area contributed by atoms with Gasteiger partial charge in [-0.15, -0.1) is 0 Å². The summed E-state index contributed by atoms with van der Waals surface area (Å²) in [5.74, 6) is 0.682. The molecule has 0 spiro atoms. The zero-order valence-corrected chi connectivity index (χ0v) is 16.0. The number of nitrogens with one attached hydrogen (secondary N) is 1. The molecule has 0 aliphatic carbocycles. The Morgan fingerprint density at radius 1 is 1.12 bits per heavy atom. The average molecular weight is 348 g/mol. The first-order chi connectivity index (χ1) is 12.5. The molecule has 0 unspecified atom stereocenters. The molecule has 0 aliphatic heterocycles. The van der Waals surface area contributed by atoms with Crippen LogP contribution < -0.4 is 5.73 Å². The Morgan fingerprint density at radius 3 is 2.35 bits per heavy atom. The summed E-state index contributed by atoms with van der Waals surface area (Å²) in [4.78, 5) is 8.97. The van der Waals surface area contributed by atoms with E-state index >= 15 is 0 Å². The summed E-state index contributed by atoms with van der Waals surface area (Å²) in [5.41, 5.74) is 9.31. The molecule has 0 fully saturated rings. The molecule has 136 valence electrons. The van der Waals surface area contributed by atoms with Crippen molar-refractivity contribution >= 4 is 17.9 Å². The molecule has 3 N–H and O–H groups in total. The van der Waals surface area contributed by atoms with Crippen molar-refractivity contribution in [2.45, 2.75) is 34.2 Å². The third-order valence-electron chi connectivity index (χ3n) is 3.61. The second-order valence-electron chi connectivity index (χ2n) is 5.61. The molecular formula is C22H28N4. The third-order valence-corrected chi connectivity index (χ3v) is 3.61. The fraction of sp³-hybridized carbons (Fsp3) is 0.227. The molecule has 0 aliphatic rings. The highest BCUT2D eigenvalue weighted by atomic mass is 14.9. The lowest BCUT2D eigenvalue weighted by atomic mass is 10.1. The first-order valence-electron chi connectivity index (χ1n) is 8.65. The molecule has 26 heavy (non-hydrogen) atoms. The Balaban J connectivity index is 3.29. The molecule has 0 bridgehead atoms. The van der Waals surface area contributed by atoms with E-state index < -0.39 is 0 Å². The summed E-state index contributed by atoms with van der Waals surface area (Å²) in [6, 6.07) is 7.77. The van der Waals surface area contributed by atoms with Gasteiger partial charge in [0.15, 0.2) is 5.84 Å². The molecule has 0 atom stereocenters. The summed E-state index contributed by atoms with van der Waals surface area (Å²) in [5, 5.41) is 8.23. The Kier molecular flexibility index (Phi) is 9.50. The molecule has 4 nitrogen and oxygen atoms in total. The number of amidine groups is 2. The van der Waals surface area contributed by atoms with E-state index in [4.69, 9.17) is 11.1 Å². The van der Waals surface area contributed by atoms with Gasteiger partial charge in [-0.05, 0) is 44.4 Å². The van der Waals surface area contributed by atoms with E-state index in [1.54, 1.807) is 6.21 Å². The monoisotopic (exact) mass is 348 g/mol. The van der Waals surface area contributed by atoms with Crippen LogP contribution in [0.1, 0.15) is 38.8 Å². The average Bonchev–Trinajstić information content (AvgIpc) is 2.67. The van der Waals surface area contributed by atoms with Gasteiger partial charge in [0.1, 0.15) is 5.84 Å². The minimum Gasteiger partial charge on any atom is -0.326 e. The maximum absolute atomic E-state index is 8.23. The second kappa shape index (κ2) is 11.7. The van der Waals surface area contributed by atoms with E-state index in [1.807, 2.05) is 88.4 Å². The zero-order valence-electron chi connectivity index (χ0n) is 16.0. The van der Waals surface area contributed by atoms with Gasteiger partial charge in [-0.2, -0.15) is 0 Å². The van der Waals surface area contributed by atoms with E-state index in [0.717, 1.165) is 22.3 Å². The number of nitrogens with zero attached hydrogens (tertiary/aromatic N) is 2. The summed E-state index contributed by atoms with van der Waals surface area (Å²) in [7, 11) is 0. The number of aliphatic imine (C=N–C) groups is 2. The standard InChI is InChI=1S/C22H28N4/c1-5-8-10-17(4)21(24)26-22(25-16-18(7-3)9-6-2)20-13-11-19(15-23)12-14-20/h5-14,16,24H,15,23H2,1-4H3/b8-5-,9-6-,17-10+,18-7+,24-21?,25-16+,26-22-. The molecule has 4 heteroatoms. The fourth-order valence-corrected chi connectivity index (χ4v) is 2.01. The number of allylic oxidation sites excluding steroid dienone is 7. The maximum Gasteiger partial charge on any atom is 0.161 e.